The molecule has 180 valence electrons. The lowest BCUT2D eigenvalue weighted by atomic mass is 10.1. The fourth-order valence-electron chi connectivity index (χ4n) is 3.66. The molecule has 6 nitrogen and oxygen atoms in total. The zero-order valence-corrected chi connectivity index (χ0v) is 21.7. The molecule has 3 aromatic carbocycles. The predicted octanol–water partition coefficient (Wildman–Crippen LogP) is 6.63. The average Bonchev–Trinajstić information content (AvgIpc) is 3.31. The van der Waals surface area contributed by atoms with Crippen molar-refractivity contribution in [3.8, 4) is 16.9 Å². The molecule has 0 spiro atoms. The molecule has 0 fully saturated rings. The lowest BCUT2D eigenvalue weighted by Crippen LogP contribution is -2.17. The molecule has 2 aromatic heterocycles. The number of benzene rings is 3. The van der Waals surface area contributed by atoms with E-state index in [1.54, 1.807) is 25.3 Å². The van der Waals surface area contributed by atoms with Crippen molar-refractivity contribution in [3.63, 3.8) is 0 Å². The van der Waals surface area contributed by atoms with E-state index in [2.05, 4.69) is 15.9 Å². The van der Waals surface area contributed by atoms with Gasteiger partial charge in [-0.2, -0.15) is 0 Å². The van der Waals surface area contributed by atoms with Gasteiger partial charge in [-0.15, -0.1) is 0 Å². The van der Waals surface area contributed by atoms with Crippen LogP contribution in [0, 0.1) is 0 Å². The van der Waals surface area contributed by atoms with Gasteiger partial charge in [0.25, 0.3) is 0 Å². The van der Waals surface area contributed by atoms with E-state index in [0.717, 1.165) is 21.1 Å². The molecule has 0 amide bonds. The number of thioether (sulfide) groups is 1. The molecule has 0 saturated carbocycles. The molecule has 2 heterocycles. The summed E-state index contributed by atoms with van der Waals surface area (Å²) in [7, 11) is 0. The number of para-hydroxylation sites is 1. The van der Waals surface area contributed by atoms with E-state index in [-0.39, 0.29) is 12.6 Å². The molecule has 0 saturated heterocycles. The Balaban J connectivity index is 1.47. The van der Waals surface area contributed by atoms with Crippen LogP contribution < -0.4 is 5.63 Å². The summed E-state index contributed by atoms with van der Waals surface area (Å²) in [4.78, 5) is 30.3. The van der Waals surface area contributed by atoms with Crippen LogP contribution in [0.5, 0.6) is 0 Å². The van der Waals surface area contributed by atoms with Crippen molar-refractivity contribution in [2.45, 2.75) is 23.9 Å². The second kappa shape index (κ2) is 10.6. The van der Waals surface area contributed by atoms with Crippen molar-refractivity contribution in [1.29, 1.82) is 0 Å². The Morgan fingerprint density at radius 1 is 1.06 bits per heavy atom. The van der Waals surface area contributed by atoms with Crippen LogP contribution in [0.4, 0.5) is 0 Å². The van der Waals surface area contributed by atoms with Crippen molar-refractivity contribution < 1.29 is 13.9 Å². The van der Waals surface area contributed by atoms with Gasteiger partial charge in [-0.25, -0.2) is 9.78 Å². The molecule has 0 aliphatic rings. The van der Waals surface area contributed by atoms with Crippen LogP contribution in [0.15, 0.2) is 110 Å². The first kappa shape index (κ1) is 24.1. The third-order valence-electron chi connectivity index (χ3n) is 5.53. The van der Waals surface area contributed by atoms with Crippen LogP contribution in [0.1, 0.15) is 12.5 Å². The molecular weight excluding hydrogens is 540 g/mol. The summed E-state index contributed by atoms with van der Waals surface area (Å²) in [6, 6.07) is 26.4. The normalized spacial score (nSPS) is 11.9. The Kier molecular flexibility index (Phi) is 7.06. The largest absolute Gasteiger partial charge is 0.460 e. The van der Waals surface area contributed by atoms with E-state index < -0.39 is 10.9 Å². The molecule has 8 heteroatoms. The highest BCUT2D eigenvalue weighted by Crippen LogP contribution is 2.31. The summed E-state index contributed by atoms with van der Waals surface area (Å²) in [5.41, 5.74) is 2.62. The van der Waals surface area contributed by atoms with Gasteiger partial charge in [0.05, 0.1) is 11.3 Å². The number of ether oxygens (including phenoxy) is 1. The van der Waals surface area contributed by atoms with E-state index in [1.165, 1.54) is 11.8 Å². The number of carbonyl (C=O) groups is 1. The van der Waals surface area contributed by atoms with E-state index in [4.69, 9.17) is 14.1 Å². The highest BCUT2D eigenvalue weighted by atomic mass is 79.9. The maximum absolute atomic E-state index is 12.8. The number of fused-ring (bicyclic) bond motifs is 1. The number of hydrogen-bond donors (Lipinski definition) is 0. The van der Waals surface area contributed by atoms with Gasteiger partial charge in [-0.3, -0.25) is 9.36 Å². The maximum Gasteiger partial charge on any atom is 0.345 e. The van der Waals surface area contributed by atoms with Crippen LogP contribution in [-0.4, -0.2) is 20.8 Å². The molecule has 5 rings (SSSR count). The molecule has 36 heavy (non-hydrogen) atoms. The van der Waals surface area contributed by atoms with E-state index >= 15 is 0 Å². The molecule has 1 atom stereocenters. The first-order chi connectivity index (χ1) is 17.5. The average molecular weight is 561 g/mol. The van der Waals surface area contributed by atoms with Crippen molar-refractivity contribution in [2.24, 2.45) is 0 Å². The Morgan fingerprint density at radius 3 is 2.56 bits per heavy atom. The number of esters is 1. The van der Waals surface area contributed by atoms with Gasteiger partial charge in [-0.05, 0) is 48.9 Å². The zero-order valence-electron chi connectivity index (χ0n) is 19.3. The monoisotopic (exact) mass is 560 g/mol. The summed E-state index contributed by atoms with van der Waals surface area (Å²) in [5.74, 6) is -0.346. The highest BCUT2D eigenvalue weighted by molar-refractivity contribution is 9.10. The zero-order chi connectivity index (χ0) is 25.1. The van der Waals surface area contributed by atoms with Gasteiger partial charge in [0.2, 0.25) is 0 Å². The fourth-order valence-corrected chi connectivity index (χ4v) is 4.82. The van der Waals surface area contributed by atoms with Crippen LogP contribution in [0.25, 0.3) is 27.9 Å². The lowest BCUT2D eigenvalue weighted by molar-refractivity contribution is -0.143. The van der Waals surface area contributed by atoms with Gasteiger partial charge in [0.1, 0.15) is 17.4 Å². The van der Waals surface area contributed by atoms with Crippen molar-refractivity contribution in [2.75, 3.05) is 0 Å². The van der Waals surface area contributed by atoms with Gasteiger partial charge < -0.3 is 9.15 Å². The molecule has 0 radical (unpaired) electrons. The minimum Gasteiger partial charge on any atom is -0.460 e. The first-order valence-electron chi connectivity index (χ1n) is 11.2. The molecule has 1 unspecified atom stereocenters. The first-order valence-corrected chi connectivity index (χ1v) is 12.9. The van der Waals surface area contributed by atoms with Crippen molar-refractivity contribution in [1.82, 2.24) is 9.55 Å². The van der Waals surface area contributed by atoms with Gasteiger partial charge in [0.15, 0.2) is 5.16 Å². The molecular formula is C28H21BrN2O4S. The van der Waals surface area contributed by atoms with E-state index in [1.807, 2.05) is 77.4 Å². The molecule has 0 aliphatic carbocycles. The number of nitrogens with zero attached hydrogens (tertiary/aromatic N) is 2. The van der Waals surface area contributed by atoms with Gasteiger partial charge >= 0.3 is 11.6 Å². The second-order valence-corrected chi connectivity index (χ2v) is 10.3. The Morgan fingerprint density at radius 2 is 1.78 bits per heavy atom. The standard InChI is InChI=1S/C28H21BrN2O4S/c1-18(26(32)34-17-19-7-3-2-4-8-19)36-28-30-24(16-31(28)22-13-11-21(29)12-14-22)23-15-20-9-5-6-10-25(20)35-27(23)33/h2-16,18H,17H2,1H3. The number of rotatable bonds is 7. The predicted molar refractivity (Wildman–Crippen MR) is 144 cm³/mol. The summed E-state index contributed by atoms with van der Waals surface area (Å²) in [6.45, 7) is 1.98. The fraction of sp³-hybridized carbons (Fsp3) is 0.107. The van der Waals surface area contributed by atoms with Crippen LogP contribution in [0.3, 0.4) is 0 Å². The van der Waals surface area contributed by atoms with E-state index in [9.17, 15) is 9.59 Å². The second-order valence-electron chi connectivity index (χ2n) is 8.09. The topological polar surface area (TPSA) is 74.3 Å². The van der Waals surface area contributed by atoms with Crippen molar-refractivity contribution in [3.05, 3.63) is 112 Å². The SMILES string of the molecule is CC(Sc1nc(-c2cc3ccccc3oc2=O)cn1-c1ccc(Br)cc1)C(=O)OCc1ccccc1. The van der Waals surface area contributed by atoms with Gasteiger partial charge in [-0.1, -0.05) is 76.2 Å². The summed E-state index contributed by atoms with van der Waals surface area (Å²) >= 11 is 4.73. The van der Waals surface area contributed by atoms with E-state index in [0.29, 0.717) is 22.0 Å². The maximum atomic E-state index is 12.8. The van der Waals surface area contributed by atoms with Crippen LogP contribution in [-0.2, 0) is 16.1 Å². The minimum absolute atomic E-state index is 0.203. The van der Waals surface area contributed by atoms with Crippen molar-refractivity contribution >= 4 is 44.6 Å². The molecule has 0 aliphatic heterocycles. The smallest absolute Gasteiger partial charge is 0.345 e. The summed E-state index contributed by atoms with van der Waals surface area (Å²) in [5, 5.41) is 0.840. The molecule has 0 N–H and O–H groups in total. The molecule has 5 aromatic rings. The Bertz CT molecular complexity index is 1580. The minimum atomic E-state index is -0.522. The number of carbonyl (C=O) groups excluding carboxylic acids is 1. The number of halogens is 1. The third kappa shape index (κ3) is 5.29. The van der Waals surface area contributed by atoms with Gasteiger partial charge in [0, 0.05) is 21.7 Å². The number of hydrogen-bond acceptors (Lipinski definition) is 6. The highest BCUT2D eigenvalue weighted by Gasteiger charge is 2.22. The van der Waals surface area contributed by atoms with Crippen LogP contribution in [0.2, 0.25) is 0 Å². The van der Waals surface area contributed by atoms with Crippen LogP contribution >= 0.6 is 27.7 Å². The quantitative estimate of drug-likeness (QED) is 0.126. The Labute approximate surface area is 220 Å². The number of imidazole rings is 1. The lowest BCUT2D eigenvalue weighted by Gasteiger charge is -2.12. The molecule has 0 bridgehead atoms. The summed E-state index contributed by atoms with van der Waals surface area (Å²) in [6.07, 6.45) is 1.79. The third-order valence-corrected chi connectivity index (χ3v) is 7.11. The Hall–Kier alpha value is -3.62. The number of aromatic nitrogens is 2. The summed E-state index contributed by atoms with van der Waals surface area (Å²) < 4.78 is 13.8.